The molecule has 0 unspecified atom stereocenters. The van der Waals surface area contributed by atoms with E-state index in [9.17, 15) is 4.79 Å². The minimum Gasteiger partial charge on any atom is -0.348 e. The monoisotopic (exact) mass is 249 g/mol. The minimum atomic E-state index is 0.0934. The van der Waals surface area contributed by atoms with E-state index in [-0.39, 0.29) is 5.91 Å². The van der Waals surface area contributed by atoms with E-state index >= 15 is 0 Å². The molecule has 0 aliphatic carbocycles. The van der Waals surface area contributed by atoms with Crippen LogP contribution in [0.3, 0.4) is 0 Å². The summed E-state index contributed by atoms with van der Waals surface area (Å²) in [6.07, 6.45) is 1.96. The predicted octanol–water partition coefficient (Wildman–Crippen LogP) is 1.44. The second kappa shape index (κ2) is 5.57. The zero-order valence-corrected chi connectivity index (χ0v) is 10.6. The fourth-order valence-electron chi connectivity index (χ4n) is 0.591. The first-order valence-electron chi connectivity index (χ1n) is 3.84. The molecule has 0 atom stereocenters. The third kappa shape index (κ3) is 3.47. The molecular formula is C7H11N3OS3. The molecule has 0 saturated carbocycles. The van der Waals surface area contributed by atoms with Crippen LogP contribution in [0, 0.1) is 0 Å². The molecular weight excluding hydrogens is 238 g/mol. The van der Waals surface area contributed by atoms with Crippen LogP contribution in [0.1, 0.15) is 0 Å². The summed E-state index contributed by atoms with van der Waals surface area (Å²) in [6.45, 7) is 0. The topological polar surface area (TPSA) is 46.1 Å². The van der Waals surface area contributed by atoms with Crippen molar-refractivity contribution in [2.45, 2.75) is 8.68 Å². The summed E-state index contributed by atoms with van der Waals surface area (Å²) in [5.74, 6) is 0.520. The summed E-state index contributed by atoms with van der Waals surface area (Å²) >= 11 is 4.52. The number of rotatable bonds is 4. The number of hydrogen-bond acceptors (Lipinski definition) is 6. The van der Waals surface area contributed by atoms with Gasteiger partial charge >= 0.3 is 0 Å². The lowest BCUT2D eigenvalue weighted by atomic mass is 10.6. The van der Waals surface area contributed by atoms with Crippen molar-refractivity contribution in [2.24, 2.45) is 0 Å². The standard InChI is InChI=1S/C7H11N3OS3/c1-10(2)5(11)4-13-7-9-8-6(12-3)14-7/h4H2,1-3H3. The Kier molecular flexibility index (Phi) is 4.70. The van der Waals surface area contributed by atoms with Gasteiger partial charge in [0.1, 0.15) is 0 Å². The molecule has 14 heavy (non-hydrogen) atoms. The first-order chi connectivity index (χ1) is 6.63. The summed E-state index contributed by atoms with van der Waals surface area (Å²) in [5.41, 5.74) is 0. The second-order valence-electron chi connectivity index (χ2n) is 2.61. The molecule has 0 saturated heterocycles. The van der Waals surface area contributed by atoms with Gasteiger partial charge < -0.3 is 4.90 Å². The first-order valence-corrected chi connectivity index (χ1v) is 6.86. The third-order valence-corrected chi connectivity index (χ3v) is 4.40. The van der Waals surface area contributed by atoms with E-state index in [1.807, 2.05) is 6.26 Å². The highest BCUT2D eigenvalue weighted by Gasteiger charge is 2.08. The summed E-state index contributed by atoms with van der Waals surface area (Å²) in [5, 5.41) is 7.90. The van der Waals surface area contributed by atoms with Gasteiger partial charge in [-0.2, -0.15) is 0 Å². The summed E-state index contributed by atoms with van der Waals surface area (Å²) in [4.78, 5) is 12.8. The van der Waals surface area contributed by atoms with Gasteiger partial charge in [-0.1, -0.05) is 34.9 Å². The summed E-state index contributed by atoms with van der Waals surface area (Å²) in [6, 6.07) is 0. The van der Waals surface area contributed by atoms with Crippen molar-refractivity contribution in [2.75, 3.05) is 26.1 Å². The number of amides is 1. The van der Waals surface area contributed by atoms with Crippen LogP contribution < -0.4 is 0 Å². The maximum Gasteiger partial charge on any atom is 0.232 e. The van der Waals surface area contributed by atoms with Gasteiger partial charge in [0.05, 0.1) is 5.75 Å². The van der Waals surface area contributed by atoms with E-state index in [2.05, 4.69) is 10.2 Å². The average Bonchev–Trinajstić information content (AvgIpc) is 2.61. The van der Waals surface area contributed by atoms with Crippen LogP contribution in [0.25, 0.3) is 0 Å². The SMILES string of the molecule is CSc1nnc(SCC(=O)N(C)C)s1. The van der Waals surface area contributed by atoms with E-state index in [1.54, 1.807) is 30.8 Å². The summed E-state index contributed by atoms with van der Waals surface area (Å²) < 4.78 is 1.79. The number of carbonyl (C=O) groups is 1. The van der Waals surface area contributed by atoms with Crippen LogP contribution >= 0.6 is 34.9 Å². The maximum atomic E-state index is 11.2. The van der Waals surface area contributed by atoms with E-state index in [0.29, 0.717) is 5.75 Å². The molecule has 0 radical (unpaired) electrons. The minimum absolute atomic E-state index is 0.0934. The van der Waals surface area contributed by atoms with Crippen LogP contribution in [0.15, 0.2) is 8.68 Å². The van der Waals surface area contributed by atoms with Crippen LogP contribution in [-0.4, -0.2) is 47.1 Å². The number of aromatic nitrogens is 2. The van der Waals surface area contributed by atoms with Gasteiger partial charge in [0.15, 0.2) is 8.68 Å². The second-order valence-corrected chi connectivity index (χ2v) is 5.87. The van der Waals surface area contributed by atoms with Crippen molar-refractivity contribution in [3.63, 3.8) is 0 Å². The molecule has 0 spiro atoms. The van der Waals surface area contributed by atoms with E-state index in [0.717, 1.165) is 8.68 Å². The molecule has 0 aromatic carbocycles. The Hall–Kier alpha value is -0.270. The largest absolute Gasteiger partial charge is 0.348 e. The molecule has 7 heteroatoms. The zero-order valence-electron chi connectivity index (χ0n) is 8.18. The van der Waals surface area contributed by atoms with E-state index in [4.69, 9.17) is 0 Å². The van der Waals surface area contributed by atoms with Crippen molar-refractivity contribution < 1.29 is 4.79 Å². The van der Waals surface area contributed by atoms with Crippen LogP contribution in [0.5, 0.6) is 0 Å². The van der Waals surface area contributed by atoms with E-state index in [1.165, 1.54) is 23.1 Å². The fraction of sp³-hybridized carbons (Fsp3) is 0.571. The van der Waals surface area contributed by atoms with Crippen molar-refractivity contribution in [3.05, 3.63) is 0 Å². The normalized spacial score (nSPS) is 10.2. The van der Waals surface area contributed by atoms with Crippen molar-refractivity contribution in [1.29, 1.82) is 0 Å². The molecule has 78 valence electrons. The molecule has 1 amide bonds. The molecule has 0 N–H and O–H groups in total. The maximum absolute atomic E-state index is 11.2. The lowest BCUT2D eigenvalue weighted by Crippen LogP contribution is -2.23. The lowest BCUT2D eigenvalue weighted by molar-refractivity contribution is -0.125. The molecule has 1 aromatic heterocycles. The van der Waals surface area contributed by atoms with E-state index < -0.39 is 0 Å². The highest BCUT2D eigenvalue weighted by molar-refractivity contribution is 8.03. The predicted molar refractivity (Wildman–Crippen MR) is 61.1 cm³/mol. The fourth-order valence-corrected chi connectivity index (χ4v) is 3.01. The van der Waals surface area contributed by atoms with Gasteiger partial charge in [-0.15, -0.1) is 10.2 Å². The van der Waals surface area contributed by atoms with Gasteiger partial charge in [-0.3, -0.25) is 4.79 Å². The smallest absolute Gasteiger partial charge is 0.232 e. The number of nitrogens with zero attached hydrogens (tertiary/aromatic N) is 3. The van der Waals surface area contributed by atoms with Crippen LogP contribution in [0.4, 0.5) is 0 Å². The quantitative estimate of drug-likeness (QED) is 0.756. The Labute approximate surface area is 95.5 Å². The zero-order chi connectivity index (χ0) is 10.6. The molecule has 1 aromatic rings. The highest BCUT2D eigenvalue weighted by atomic mass is 32.2. The van der Waals surface area contributed by atoms with Gasteiger partial charge in [-0.25, -0.2) is 0 Å². The molecule has 4 nitrogen and oxygen atoms in total. The third-order valence-electron chi connectivity index (χ3n) is 1.38. The Morgan fingerprint density at radius 2 is 2.07 bits per heavy atom. The number of carbonyl (C=O) groups excluding carboxylic acids is 1. The van der Waals surface area contributed by atoms with Crippen LogP contribution in [0.2, 0.25) is 0 Å². The molecule has 1 heterocycles. The summed E-state index contributed by atoms with van der Waals surface area (Å²) in [7, 11) is 3.49. The van der Waals surface area contributed by atoms with Crippen LogP contribution in [-0.2, 0) is 4.79 Å². The Bertz CT molecular complexity index is 313. The Balaban J connectivity index is 2.41. The van der Waals surface area contributed by atoms with Crippen molar-refractivity contribution in [1.82, 2.24) is 15.1 Å². The molecule has 0 fully saturated rings. The van der Waals surface area contributed by atoms with Gasteiger partial charge in [-0.05, 0) is 6.26 Å². The molecule has 0 bridgehead atoms. The Morgan fingerprint density at radius 3 is 2.57 bits per heavy atom. The first kappa shape index (κ1) is 11.8. The average molecular weight is 249 g/mol. The Morgan fingerprint density at radius 1 is 1.43 bits per heavy atom. The number of thioether (sulfide) groups is 2. The molecule has 0 aliphatic heterocycles. The molecule has 0 aliphatic rings. The lowest BCUT2D eigenvalue weighted by Gasteiger charge is -2.07. The van der Waals surface area contributed by atoms with Gasteiger partial charge in [0.2, 0.25) is 5.91 Å². The van der Waals surface area contributed by atoms with Crippen molar-refractivity contribution in [3.8, 4) is 0 Å². The number of hydrogen-bond donors (Lipinski definition) is 0. The highest BCUT2D eigenvalue weighted by Crippen LogP contribution is 2.27. The van der Waals surface area contributed by atoms with Gasteiger partial charge in [0, 0.05) is 14.1 Å². The van der Waals surface area contributed by atoms with Crippen molar-refractivity contribution >= 4 is 40.8 Å². The van der Waals surface area contributed by atoms with Gasteiger partial charge in [0.25, 0.3) is 0 Å². The molecule has 1 rings (SSSR count).